The van der Waals surface area contributed by atoms with Gasteiger partial charge in [0.05, 0.1) is 0 Å². The van der Waals surface area contributed by atoms with E-state index in [0.29, 0.717) is 4.47 Å². The molecule has 100 valence electrons. The van der Waals surface area contributed by atoms with Crippen LogP contribution in [-0.2, 0) is 6.61 Å². The molecule has 0 aliphatic carbocycles. The fourth-order valence-corrected chi connectivity index (χ4v) is 2.36. The Kier molecular flexibility index (Phi) is 4.20. The van der Waals surface area contributed by atoms with Gasteiger partial charge in [-0.15, -0.1) is 0 Å². The third-order valence-electron chi connectivity index (χ3n) is 2.64. The van der Waals surface area contributed by atoms with Gasteiger partial charge in [-0.2, -0.15) is 4.39 Å². The highest BCUT2D eigenvalue weighted by molar-refractivity contribution is 9.10. The molecule has 0 saturated carbocycles. The highest BCUT2D eigenvalue weighted by Gasteiger charge is 2.11. The summed E-state index contributed by atoms with van der Waals surface area (Å²) < 4.78 is 32.5. The van der Waals surface area contributed by atoms with Crippen LogP contribution >= 0.6 is 15.9 Å². The average Bonchev–Trinajstić information content (AvgIpc) is 2.30. The number of benzene rings is 2. The lowest BCUT2D eigenvalue weighted by Gasteiger charge is -2.10. The summed E-state index contributed by atoms with van der Waals surface area (Å²) in [6.45, 7) is 4.17. The third-order valence-corrected chi connectivity index (χ3v) is 3.09. The molecule has 0 amide bonds. The van der Waals surface area contributed by atoms with E-state index >= 15 is 0 Å². The Morgan fingerprint density at radius 1 is 1.00 bits per heavy atom. The standard InChI is InChI=1S/C15H13BrF2O/c1-9-3-10(2)5-11(4-9)8-19-14-7-12(16)6-13(17)15(14)18/h3-7H,8H2,1-2H3. The van der Waals surface area contributed by atoms with E-state index in [0.717, 1.165) is 22.8 Å². The minimum absolute atomic E-state index is 0.0916. The minimum Gasteiger partial charge on any atom is -0.486 e. The van der Waals surface area contributed by atoms with Crippen LogP contribution in [0.15, 0.2) is 34.8 Å². The normalized spacial score (nSPS) is 10.6. The smallest absolute Gasteiger partial charge is 0.200 e. The third kappa shape index (κ3) is 3.53. The Morgan fingerprint density at radius 2 is 1.63 bits per heavy atom. The van der Waals surface area contributed by atoms with Gasteiger partial charge in [-0.25, -0.2) is 4.39 Å². The Balaban J connectivity index is 2.19. The van der Waals surface area contributed by atoms with Crippen LogP contribution in [-0.4, -0.2) is 0 Å². The van der Waals surface area contributed by atoms with E-state index in [1.165, 1.54) is 6.07 Å². The maximum Gasteiger partial charge on any atom is 0.200 e. The van der Waals surface area contributed by atoms with Gasteiger partial charge >= 0.3 is 0 Å². The van der Waals surface area contributed by atoms with Crippen molar-refractivity contribution in [2.75, 3.05) is 0 Å². The van der Waals surface area contributed by atoms with E-state index in [-0.39, 0.29) is 12.4 Å². The lowest BCUT2D eigenvalue weighted by molar-refractivity contribution is 0.284. The second kappa shape index (κ2) is 5.70. The first-order valence-electron chi connectivity index (χ1n) is 5.80. The predicted molar refractivity (Wildman–Crippen MR) is 74.3 cm³/mol. The lowest BCUT2D eigenvalue weighted by Crippen LogP contribution is -2.00. The zero-order valence-corrected chi connectivity index (χ0v) is 12.2. The largest absolute Gasteiger partial charge is 0.486 e. The summed E-state index contributed by atoms with van der Waals surface area (Å²) in [5, 5.41) is 0. The van der Waals surface area contributed by atoms with E-state index in [4.69, 9.17) is 4.74 Å². The molecule has 0 aliphatic heterocycles. The molecule has 2 aromatic rings. The summed E-state index contributed by atoms with van der Waals surface area (Å²) in [4.78, 5) is 0. The van der Waals surface area contributed by atoms with Crippen LogP contribution < -0.4 is 4.74 Å². The van der Waals surface area contributed by atoms with Crippen molar-refractivity contribution in [1.82, 2.24) is 0 Å². The van der Waals surface area contributed by atoms with Gasteiger partial charge in [-0.05, 0) is 31.5 Å². The first kappa shape index (κ1) is 14.0. The zero-order chi connectivity index (χ0) is 14.0. The SMILES string of the molecule is Cc1cc(C)cc(COc2cc(Br)cc(F)c2F)c1. The number of rotatable bonds is 3. The fourth-order valence-electron chi connectivity index (χ4n) is 1.95. The van der Waals surface area contributed by atoms with E-state index < -0.39 is 11.6 Å². The first-order chi connectivity index (χ1) is 8.95. The number of aryl methyl sites for hydroxylation is 2. The van der Waals surface area contributed by atoms with Crippen LogP contribution in [0.2, 0.25) is 0 Å². The summed E-state index contributed by atoms with van der Waals surface area (Å²) in [7, 11) is 0. The van der Waals surface area contributed by atoms with Crippen LogP contribution in [0.1, 0.15) is 16.7 Å². The van der Waals surface area contributed by atoms with Gasteiger partial charge in [-0.3, -0.25) is 0 Å². The molecule has 1 nitrogen and oxygen atoms in total. The molecule has 0 bridgehead atoms. The Morgan fingerprint density at radius 3 is 2.26 bits per heavy atom. The molecular formula is C15H13BrF2O. The van der Waals surface area contributed by atoms with Crippen molar-refractivity contribution >= 4 is 15.9 Å². The maximum atomic E-state index is 13.5. The molecule has 2 aromatic carbocycles. The highest BCUT2D eigenvalue weighted by atomic mass is 79.9. The van der Waals surface area contributed by atoms with Gasteiger partial charge < -0.3 is 4.74 Å². The molecule has 4 heteroatoms. The molecule has 0 atom stereocenters. The Labute approximate surface area is 119 Å². The summed E-state index contributed by atoms with van der Waals surface area (Å²) >= 11 is 3.11. The van der Waals surface area contributed by atoms with Gasteiger partial charge in [-0.1, -0.05) is 45.3 Å². The van der Waals surface area contributed by atoms with Crippen LogP contribution in [0.3, 0.4) is 0 Å². The van der Waals surface area contributed by atoms with Crippen LogP contribution in [0.5, 0.6) is 5.75 Å². The second-order valence-corrected chi connectivity index (χ2v) is 5.40. The van der Waals surface area contributed by atoms with E-state index in [1.807, 2.05) is 32.0 Å². The van der Waals surface area contributed by atoms with Crippen molar-refractivity contribution in [3.8, 4) is 5.75 Å². The van der Waals surface area contributed by atoms with Crippen molar-refractivity contribution < 1.29 is 13.5 Å². The maximum absolute atomic E-state index is 13.5. The molecule has 0 unspecified atom stereocenters. The Hall–Kier alpha value is -1.42. The van der Waals surface area contributed by atoms with Crippen molar-refractivity contribution in [2.24, 2.45) is 0 Å². The number of halogens is 3. The molecule has 0 saturated heterocycles. The second-order valence-electron chi connectivity index (χ2n) is 4.48. The first-order valence-corrected chi connectivity index (χ1v) is 6.59. The minimum atomic E-state index is -0.965. The monoisotopic (exact) mass is 326 g/mol. The molecule has 0 aliphatic rings. The predicted octanol–water partition coefficient (Wildman–Crippen LogP) is 4.92. The van der Waals surface area contributed by atoms with Gasteiger partial charge in [0.15, 0.2) is 11.6 Å². The molecule has 0 spiro atoms. The zero-order valence-electron chi connectivity index (χ0n) is 10.6. The van der Waals surface area contributed by atoms with Crippen LogP contribution in [0.4, 0.5) is 8.78 Å². The van der Waals surface area contributed by atoms with Crippen molar-refractivity contribution in [1.29, 1.82) is 0 Å². The van der Waals surface area contributed by atoms with Crippen molar-refractivity contribution in [2.45, 2.75) is 20.5 Å². The number of hydrogen-bond acceptors (Lipinski definition) is 1. The molecule has 0 radical (unpaired) electrons. The van der Waals surface area contributed by atoms with E-state index in [9.17, 15) is 8.78 Å². The molecular weight excluding hydrogens is 314 g/mol. The van der Waals surface area contributed by atoms with Crippen molar-refractivity contribution in [3.05, 3.63) is 63.1 Å². The quantitative estimate of drug-likeness (QED) is 0.727. The summed E-state index contributed by atoms with van der Waals surface area (Å²) in [5.74, 6) is -1.98. The average molecular weight is 327 g/mol. The molecule has 0 N–H and O–H groups in total. The highest BCUT2D eigenvalue weighted by Crippen LogP contribution is 2.26. The van der Waals surface area contributed by atoms with E-state index in [2.05, 4.69) is 15.9 Å². The van der Waals surface area contributed by atoms with E-state index in [1.54, 1.807) is 0 Å². The summed E-state index contributed by atoms with van der Waals surface area (Å²) in [6.07, 6.45) is 0. The summed E-state index contributed by atoms with van der Waals surface area (Å²) in [5.41, 5.74) is 3.15. The topological polar surface area (TPSA) is 9.23 Å². The van der Waals surface area contributed by atoms with Gasteiger partial charge in [0, 0.05) is 4.47 Å². The van der Waals surface area contributed by atoms with Gasteiger partial charge in [0.25, 0.3) is 0 Å². The molecule has 2 rings (SSSR count). The summed E-state index contributed by atoms with van der Waals surface area (Å²) in [6, 6.07) is 8.45. The molecule has 19 heavy (non-hydrogen) atoms. The fraction of sp³-hybridized carbons (Fsp3) is 0.200. The molecule has 0 aromatic heterocycles. The van der Waals surface area contributed by atoms with Crippen molar-refractivity contribution in [3.63, 3.8) is 0 Å². The van der Waals surface area contributed by atoms with Crippen LogP contribution in [0, 0.1) is 25.5 Å². The van der Waals surface area contributed by atoms with Gasteiger partial charge in [0.2, 0.25) is 5.82 Å². The Bertz CT molecular complexity index is 591. The van der Waals surface area contributed by atoms with Crippen LogP contribution in [0.25, 0.3) is 0 Å². The number of ether oxygens (including phenoxy) is 1. The lowest BCUT2D eigenvalue weighted by atomic mass is 10.1. The molecule has 0 heterocycles. The molecule has 0 fully saturated rings. The number of hydrogen-bond donors (Lipinski definition) is 0. The van der Waals surface area contributed by atoms with Gasteiger partial charge in [0.1, 0.15) is 6.61 Å².